The van der Waals surface area contributed by atoms with Crippen LogP contribution in [0, 0.1) is 11.3 Å². The van der Waals surface area contributed by atoms with Crippen LogP contribution < -0.4 is 0 Å². The lowest BCUT2D eigenvalue weighted by molar-refractivity contribution is 0.0794. The summed E-state index contributed by atoms with van der Waals surface area (Å²) in [4.78, 5) is 19.2. The van der Waals surface area contributed by atoms with Crippen LogP contribution in [0.4, 0.5) is 0 Å². The summed E-state index contributed by atoms with van der Waals surface area (Å²) in [7, 11) is 1.72. The number of hydrogen-bond acceptors (Lipinski definition) is 5. The molecule has 2 aromatic rings. The number of amides is 1. The zero-order valence-corrected chi connectivity index (χ0v) is 13.3. The summed E-state index contributed by atoms with van der Waals surface area (Å²) in [5, 5.41) is 10.6. The number of aromatic nitrogens is 1. The third-order valence-corrected chi connectivity index (χ3v) is 4.62. The molecular formula is C15H15N3OS2. The lowest BCUT2D eigenvalue weighted by Crippen LogP contribution is -2.28. The van der Waals surface area contributed by atoms with Gasteiger partial charge in [-0.1, -0.05) is 12.1 Å². The predicted molar refractivity (Wildman–Crippen MR) is 85.3 cm³/mol. The Balaban J connectivity index is 2.09. The topological polar surface area (TPSA) is 57.0 Å². The van der Waals surface area contributed by atoms with Gasteiger partial charge in [0.1, 0.15) is 0 Å². The normalized spacial score (nSPS) is 10.1. The van der Waals surface area contributed by atoms with Gasteiger partial charge < -0.3 is 4.90 Å². The molecule has 0 spiro atoms. The van der Waals surface area contributed by atoms with Gasteiger partial charge >= 0.3 is 0 Å². The third-order valence-electron chi connectivity index (χ3n) is 2.88. The Kier molecular flexibility index (Phi) is 5.78. The fourth-order valence-corrected chi connectivity index (χ4v) is 3.37. The molecule has 0 aliphatic carbocycles. The molecule has 0 saturated carbocycles. The van der Waals surface area contributed by atoms with E-state index < -0.39 is 0 Å². The maximum Gasteiger partial charge on any atom is 0.254 e. The molecule has 0 radical (unpaired) electrons. The first kappa shape index (κ1) is 15.5. The Labute approximate surface area is 132 Å². The Bertz CT molecular complexity index is 635. The highest BCUT2D eigenvalue weighted by atomic mass is 32.2. The largest absolute Gasteiger partial charge is 0.341 e. The van der Waals surface area contributed by atoms with Crippen LogP contribution in [0.2, 0.25) is 0 Å². The van der Waals surface area contributed by atoms with Crippen LogP contribution in [0.15, 0.2) is 40.1 Å². The van der Waals surface area contributed by atoms with Gasteiger partial charge in [-0.15, -0.1) is 23.1 Å². The standard InChI is InChI=1S/C15H15N3OS2/c1-18(8-4-7-16)15(19)13-5-2-3-6-14(13)21-10-12-9-20-11-17-12/h2-3,5-6,9,11H,4,8,10H2,1H3. The van der Waals surface area contributed by atoms with Crippen molar-refractivity contribution in [3.05, 3.63) is 46.4 Å². The molecule has 0 unspecified atom stereocenters. The highest BCUT2D eigenvalue weighted by Crippen LogP contribution is 2.27. The van der Waals surface area contributed by atoms with E-state index in [0.29, 0.717) is 18.5 Å². The zero-order chi connectivity index (χ0) is 15.1. The summed E-state index contributed by atoms with van der Waals surface area (Å²) in [6, 6.07) is 9.62. The van der Waals surface area contributed by atoms with Gasteiger partial charge in [-0.05, 0) is 12.1 Å². The third kappa shape index (κ3) is 4.31. The van der Waals surface area contributed by atoms with Crippen LogP contribution in [-0.2, 0) is 5.75 Å². The van der Waals surface area contributed by atoms with Crippen molar-refractivity contribution in [2.75, 3.05) is 13.6 Å². The molecule has 6 heteroatoms. The highest BCUT2D eigenvalue weighted by Gasteiger charge is 2.15. The summed E-state index contributed by atoms with van der Waals surface area (Å²) in [5.41, 5.74) is 3.51. The van der Waals surface area contributed by atoms with Gasteiger partial charge in [-0.25, -0.2) is 4.98 Å². The van der Waals surface area contributed by atoms with Crippen LogP contribution >= 0.6 is 23.1 Å². The number of carbonyl (C=O) groups is 1. The fourth-order valence-electron chi connectivity index (χ4n) is 1.75. The average Bonchev–Trinajstić information content (AvgIpc) is 3.03. The number of thiazole rings is 1. The minimum absolute atomic E-state index is 0.0494. The molecule has 1 aromatic carbocycles. The van der Waals surface area contributed by atoms with E-state index in [1.165, 1.54) is 0 Å². The molecule has 0 bridgehead atoms. The molecule has 0 atom stereocenters. The summed E-state index contributed by atoms with van der Waals surface area (Å²) in [6.07, 6.45) is 0.344. The molecule has 4 nitrogen and oxygen atoms in total. The van der Waals surface area contributed by atoms with Gasteiger partial charge in [0.05, 0.1) is 29.3 Å². The number of rotatable bonds is 6. The van der Waals surface area contributed by atoms with Gasteiger partial charge in [-0.2, -0.15) is 5.26 Å². The second-order valence-corrected chi connectivity index (χ2v) is 6.14. The predicted octanol–water partition coefficient (Wildman–Crippen LogP) is 3.42. The van der Waals surface area contributed by atoms with E-state index in [-0.39, 0.29) is 5.91 Å². The molecule has 21 heavy (non-hydrogen) atoms. The summed E-state index contributed by atoms with van der Waals surface area (Å²) >= 11 is 3.17. The van der Waals surface area contributed by atoms with Crippen LogP contribution in [-0.4, -0.2) is 29.4 Å². The van der Waals surface area contributed by atoms with Gasteiger partial charge in [0, 0.05) is 29.6 Å². The van der Waals surface area contributed by atoms with Crippen molar-refractivity contribution in [3.63, 3.8) is 0 Å². The second kappa shape index (κ2) is 7.81. The first-order valence-corrected chi connectivity index (χ1v) is 8.36. The van der Waals surface area contributed by atoms with E-state index >= 15 is 0 Å². The molecule has 2 rings (SSSR count). The Morgan fingerprint density at radius 1 is 1.48 bits per heavy atom. The molecule has 0 N–H and O–H groups in total. The molecule has 0 fully saturated rings. The van der Waals surface area contributed by atoms with Crippen LogP contribution in [0.3, 0.4) is 0 Å². The van der Waals surface area contributed by atoms with Crippen LogP contribution in [0.25, 0.3) is 0 Å². The maximum absolute atomic E-state index is 12.4. The Morgan fingerprint density at radius 3 is 3.00 bits per heavy atom. The molecular weight excluding hydrogens is 302 g/mol. The maximum atomic E-state index is 12.4. The van der Waals surface area contributed by atoms with E-state index in [1.807, 2.05) is 35.2 Å². The quantitative estimate of drug-likeness (QED) is 0.766. The fraction of sp³-hybridized carbons (Fsp3) is 0.267. The van der Waals surface area contributed by atoms with Crippen molar-refractivity contribution in [2.45, 2.75) is 17.1 Å². The van der Waals surface area contributed by atoms with Gasteiger partial charge in [-0.3, -0.25) is 4.79 Å². The Morgan fingerprint density at radius 2 is 2.29 bits per heavy atom. The van der Waals surface area contributed by atoms with E-state index in [2.05, 4.69) is 11.1 Å². The van der Waals surface area contributed by atoms with Crippen molar-refractivity contribution >= 4 is 29.0 Å². The molecule has 0 aliphatic heterocycles. The smallest absolute Gasteiger partial charge is 0.254 e. The molecule has 1 heterocycles. The molecule has 0 saturated heterocycles. The first-order valence-electron chi connectivity index (χ1n) is 6.43. The monoisotopic (exact) mass is 317 g/mol. The van der Waals surface area contributed by atoms with E-state index in [0.717, 1.165) is 16.3 Å². The van der Waals surface area contributed by atoms with Crippen molar-refractivity contribution in [2.24, 2.45) is 0 Å². The Hall–Kier alpha value is -1.84. The molecule has 1 aromatic heterocycles. The number of nitrogens with zero attached hydrogens (tertiary/aromatic N) is 3. The van der Waals surface area contributed by atoms with Gasteiger partial charge in [0.25, 0.3) is 5.91 Å². The van der Waals surface area contributed by atoms with Crippen molar-refractivity contribution in [1.29, 1.82) is 5.26 Å². The first-order chi connectivity index (χ1) is 10.2. The summed E-state index contributed by atoms with van der Waals surface area (Å²) < 4.78 is 0. The van der Waals surface area contributed by atoms with Crippen LogP contribution in [0.1, 0.15) is 22.5 Å². The molecule has 0 aliphatic rings. The van der Waals surface area contributed by atoms with Gasteiger partial charge in [0.2, 0.25) is 0 Å². The molecule has 108 valence electrons. The van der Waals surface area contributed by atoms with E-state index in [9.17, 15) is 4.79 Å². The summed E-state index contributed by atoms with van der Waals surface area (Å²) in [6.45, 7) is 0.445. The number of thioether (sulfide) groups is 1. The minimum Gasteiger partial charge on any atom is -0.341 e. The van der Waals surface area contributed by atoms with Crippen LogP contribution in [0.5, 0.6) is 0 Å². The lowest BCUT2D eigenvalue weighted by Gasteiger charge is -2.17. The van der Waals surface area contributed by atoms with E-state index in [1.54, 1.807) is 35.0 Å². The lowest BCUT2D eigenvalue weighted by atomic mass is 10.2. The van der Waals surface area contributed by atoms with Gasteiger partial charge in [0.15, 0.2) is 0 Å². The second-order valence-electron chi connectivity index (χ2n) is 4.40. The van der Waals surface area contributed by atoms with Crippen molar-refractivity contribution in [3.8, 4) is 6.07 Å². The zero-order valence-electron chi connectivity index (χ0n) is 11.7. The minimum atomic E-state index is -0.0494. The summed E-state index contributed by atoms with van der Waals surface area (Å²) in [5.74, 6) is 0.696. The number of carbonyl (C=O) groups excluding carboxylic acids is 1. The number of hydrogen-bond donors (Lipinski definition) is 0. The van der Waals surface area contributed by atoms with Crippen molar-refractivity contribution < 1.29 is 4.79 Å². The molecule has 1 amide bonds. The average molecular weight is 317 g/mol. The van der Waals surface area contributed by atoms with E-state index in [4.69, 9.17) is 5.26 Å². The SMILES string of the molecule is CN(CCC#N)C(=O)c1ccccc1SCc1cscn1. The number of nitriles is 1. The highest BCUT2D eigenvalue weighted by molar-refractivity contribution is 7.98. The number of benzene rings is 1. The van der Waals surface area contributed by atoms with Crippen molar-refractivity contribution in [1.82, 2.24) is 9.88 Å².